The maximum Gasteiger partial charge on any atom is 0.494 e. The number of halogens is 2. The highest BCUT2D eigenvalue weighted by Crippen LogP contribution is 2.21. The van der Waals surface area contributed by atoms with Crippen LogP contribution in [0, 0.1) is 0 Å². The van der Waals surface area contributed by atoms with Crippen LogP contribution in [0.5, 0.6) is 5.75 Å². The molecule has 1 aromatic rings. The zero-order chi connectivity index (χ0) is 15.9. The first-order valence-corrected chi connectivity index (χ1v) is 7.28. The van der Waals surface area contributed by atoms with Crippen LogP contribution in [-0.2, 0) is 9.31 Å². The summed E-state index contributed by atoms with van der Waals surface area (Å²) in [6.07, 6.45) is 1.72. The van der Waals surface area contributed by atoms with Gasteiger partial charge in [-0.2, -0.15) is 8.78 Å². The summed E-state index contributed by atoms with van der Waals surface area (Å²) in [5.74, 6) is 0.123. The first-order valence-electron chi connectivity index (χ1n) is 7.28. The third kappa shape index (κ3) is 5.63. The Labute approximate surface area is 125 Å². The van der Waals surface area contributed by atoms with Crippen LogP contribution < -0.4 is 10.2 Å². The molecule has 0 aliphatic heterocycles. The predicted molar refractivity (Wildman–Crippen MR) is 80.2 cm³/mol. The van der Waals surface area contributed by atoms with Crippen LogP contribution in [0.15, 0.2) is 24.3 Å². The van der Waals surface area contributed by atoms with Crippen LogP contribution in [0.25, 0.3) is 0 Å². The standard InChI is InChI=1S/C15H23BF2O3/c1-5-15(4,6-2)21-16(19-7-3)12-8-10-13(11-9-12)20-14(17)18/h8-11,14H,5-7H2,1-4H3. The van der Waals surface area contributed by atoms with Crippen molar-refractivity contribution in [1.82, 2.24) is 0 Å². The van der Waals surface area contributed by atoms with Crippen LogP contribution in [-0.4, -0.2) is 25.9 Å². The Morgan fingerprint density at radius 2 is 1.67 bits per heavy atom. The maximum atomic E-state index is 12.1. The van der Waals surface area contributed by atoms with Crippen molar-refractivity contribution in [2.24, 2.45) is 0 Å². The van der Waals surface area contributed by atoms with E-state index < -0.39 is 13.7 Å². The van der Waals surface area contributed by atoms with Crippen molar-refractivity contribution < 1.29 is 22.8 Å². The zero-order valence-corrected chi connectivity index (χ0v) is 13.1. The molecule has 3 nitrogen and oxygen atoms in total. The zero-order valence-electron chi connectivity index (χ0n) is 13.1. The van der Waals surface area contributed by atoms with E-state index in [2.05, 4.69) is 18.6 Å². The van der Waals surface area contributed by atoms with Gasteiger partial charge in [-0.25, -0.2) is 0 Å². The Hall–Kier alpha value is -1.14. The van der Waals surface area contributed by atoms with Gasteiger partial charge in [-0.15, -0.1) is 0 Å². The van der Waals surface area contributed by atoms with E-state index in [-0.39, 0.29) is 11.4 Å². The van der Waals surface area contributed by atoms with Crippen molar-refractivity contribution in [1.29, 1.82) is 0 Å². The lowest BCUT2D eigenvalue weighted by atomic mass is 9.77. The lowest BCUT2D eigenvalue weighted by Gasteiger charge is -2.31. The van der Waals surface area contributed by atoms with Gasteiger partial charge >= 0.3 is 13.7 Å². The van der Waals surface area contributed by atoms with E-state index in [9.17, 15) is 8.78 Å². The van der Waals surface area contributed by atoms with Crippen molar-refractivity contribution in [2.45, 2.75) is 52.7 Å². The summed E-state index contributed by atoms with van der Waals surface area (Å²) in [5.41, 5.74) is 0.504. The van der Waals surface area contributed by atoms with Crippen molar-refractivity contribution >= 4 is 12.6 Å². The molecule has 0 amide bonds. The van der Waals surface area contributed by atoms with E-state index in [1.54, 1.807) is 12.1 Å². The number of hydrogen-bond acceptors (Lipinski definition) is 3. The number of alkyl halides is 2. The minimum absolute atomic E-state index is 0.123. The number of benzene rings is 1. The van der Waals surface area contributed by atoms with Gasteiger partial charge < -0.3 is 14.0 Å². The second-order valence-electron chi connectivity index (χ2n) is 5.01. The normalized spacial score (nSPS) is 11.8. The number of rotatable bonds is 9. The molecule has 1 aromatic carbocycles. The van der Waals surface area contributed by atoms with Crippen LogP contribution in [0.1, 0.15) is 40.5 Å². The molecule has 0 fully saturated rings. The molecule has 0 aliphatic rings. The average molecular weight is 300 g/mol. The van der Waals surface area contributed by atoms with Gasteiger partial charge in [0, 0.05) is 6.61 Å². The highest BCUT2D eigenvalue weighted by Gasteiger charge is 2.31. The molecule has 0 N–H and O–H groups in total. The Bertz CT molecular complexity index is 408. The molecule has 21 heavy (non-hydrogen) atoms. The molecule has 118 valence electrons. The molecule has 0 aromatic heterocycles. The molecule has 0 spiro atoms. The van der Waals surface area contributed by atoms with Crippen molar-refractivity contribution in [3.05, 3.63) is 24.3 Å². The fourth-order valence-corrected chi connectivity index (χ4v) is 1.83. The summed E-state index contributed by atoms with van der Waals surface area (Å²) in [5, 5.41) is 0. The molecule has 0 atom stereocenters. The molecule has 6 heteroatoms. The summed E-state index contributed by atoms with van der Waals surface area (Å²) in [4.78, 5) is 0. The summed E-state index contributed by atoms with van der Waals surface area (Å²) in [7, 11) is -0.513. The topological polar surface area (TPSA) is 27.7 Å². The van der Waals surface area contributed by atoms with Gasteiger partial charge in [0.15, 0.2) is 0 Å². The summed E-state index contributed by atoms with van der Waals surface area (Å²) >= 11 is 0. The van der Waals surface area contributed by atoms with Crippen LogP contribution in [0.3, 0.4) is 0 Å². The van der Waals surface area contributed by atoms with E-state index in [1.165, 1.54) is 12.1 Å². The molecule has 0 aliphatic carbocycles. The van der Waals surface area contributed by atoms with E-state index in [0.717, 1.165) is 18.3 Å². The van der Waals surface area contributed by atoms with Crippen LogP contribution in [0.4, 0.5) is 8.78 Å². The molecular weight excluding hydrogens is 277 g/mol. The van der Waals surface area contributed by atoms with Gasteiger partial charge in [-0.05, 0) is 44.3 Å². The molecule has 0 saturated carbocycles. The molecule has 1 rings (SSSR count). The Balaban J connectivity index is 2.85. The van der Waals surface area contributed by atoms with Gasteiger partial charge in [0.05, 0.1) is 5.60 Å². The fourth-order valence-electron chi connectivity index (χ4n) is 1.83. The lowest BCUT2D eigenvalue weighted by molar-refractivity contribution is -0.0498. The largest absolute Gasteiger partial charge is 0.494 e. The highest BCUT2D eigenvalue weighted by molar-refractivity contribution is 6.61. The molecular formula is C15H23BF2O3. The fraction of sp³-hybridized carbons (Fsp3) is 0.600. The summed E-state index contributed by atoms with van der Waals surface area (Å²) in [6.45, 7) is 5.73. The third-order valence-electron chi connectivity index (χ3n) is 3.58. The quantitative estimate of drug-likeness (QED) is 0.652. The van der Waals surface area contributed by atoms with Gasteiger partial charge in [-0.1, -0.05) is 26.0 Å². The van der Waals surface area contributed by atoms with Gasteiger partial charge in [-0.3, -0.25) is 0 Å². The van der Waals surface area contributed by atoms with Crippen molar-refractivity contribution in [3.63, 3.8) is 0 Å². The lowest BCUT2D eigenvalue weighted by Crippen LogP contribution is -2.44. The van der Waals surface area contributed by atoms with Gasteiger partial charge in [0.25, 0.3) is 0 Å². The predicted octanol–water partition coefficient (Wildman–Crippen LogP) is 3.62. The summed E-state index contributed by atoms with van der Waals surface area (Å²) < 4.78 is 40.3. The Morgan fingerprint density at radius 3 is 2.10 bits per heavy atom. The van der Waals surface area contributed by atoms with Gasteiger partial charge in [0.1, 0.15) is 5.75 Å². The van der Waals surface area contributed by atoms with Crippen LogP contribution in [0.2, 0.25) is 0 Å². The minimum atomic E-state index is -2.82. The van der Waals surface area contributed by atoms with E-state index in [1.807, 2.05) is 13.8 Å². The first-order chi connectivity index (χ1) is 9.94. The second kappa shape index (κ2) is 8.34. The van der Waals surface area contributed by atoms with E-state index in [4.69, 9.17) is 9.31 Å². The average Bonchev–Trinajstić information content (AvgIpc) is 2.47. The second-order valence-corrected chi connectivity index (χ2v) is 5.01. The van der Waals surface area contributed by atoms with Crippen molar-refractivity contribution in [3.8, 4) is 5.75 Å². The monoisotopic (exact) mass is 300 g/mol. The molecule has 0 heterocycles. The smallest absolute Gasteiger partial charge is 0.435 e. The SMILES string of the molecule is CCOB(OC(C)(CC)CC)c1ccc(OC(F)F)cc1. The van der Waals surface area contributed by atoms with E-state index >= 15 is 0 Å². The summed E-state index contributed by atoms with van der Waals surface area (Å²) in [6, 6.07) is 6.35. The van der Waals surface area contributed by atoms with Gasteiger partial charge in [0.2, 0.25) is 0 Å². The van der Waals surface area contributed by atoms with Crippen molar-refractivity contribution in [2.75, 3.05) is 6.61 Å². The van der Waals surface area contributed by atoms with Crippen LogP contribution >= 0.6 is 0 Å². The first kappa shape index (κ1) is 17.9. The molecule has 0 unspecified atom stereocenters. The molecule has 0 bridgehead atoms. The number of hydrogen-bond donors (Lipinski definition) is 0. The minimum Gasteiger partial charge on any atom is -0.435 e. The Kier molecular flexibility index (Phi) is 7.12. The highest BCUT2D eigenvalue weighted by atomic mass is 19.3. The maximum absolute atomic E-state index is 12.1. The number of ether oxygens (including phenoxy) is 1. The Morgan fingerprint density at radius 1 is 1.10 bits per heavy atom. The molecule has 0 saturated heterocycles. The van der Waals surface area contributed by atoms with E-state index in [0.29, 0.717) is 6.61 Å². The third-order valence-corrected chi connectivity index (χ3v) is 3.58. The molecule has 0 radical (unpaired) electrons.